The molecule has 1 amide bonds. The van der Waals surface area contributed by atoms with Crippen LogP contribution in [0.2, 0.25) is 0 Å². The van der Waals surface area contributed by atoms with Crippen molar-refractivity contribution >= 4 is 11.9 Å². The van der Waals surface area contributed by atoms with Gasteiger partial charge < -0.3 is 14.7 Å². The van der Waals surface area contributed by atoms with Crippen molar-refractivity contribution in [2.24, 2.45) is 11.8 Å². The fourth-order valence-electron chi connectivity index (χ4n) is 2.54. The molecule has 5 heteroatoms. The number of hydrogen-bond donors (Lipinski definition) is 1. The van der Waals surface area contributed by atoms with E-state index < -0.39 is 5.97 Å². The highest BCUT2D eigenvalue weighted by Crippen LogP contribution is 2.31. The van der Waals surface area contributed by atoms with Gasteiger partial charge in [0, 0.05) is 31.7 Å². The maximum Gasteiger partial charge on any atom is 0.305 e. The van der Waals surface area contributed by atoms with Crippen molar-refractivity contribution in [1.82, 2.24) is 4.90 Å². The zero-order valence-electron chi connectivity index (χ0n) is 10.8. The van der Waals surface area contributed by atoms with Crippen LogP contribution in [0.25, 0.3) is 0 Å². The Labute approximate surface area is 107 Å². The number of aliphatic carboxylic acids is 1. The van der Waals surface area contributed by atoms with E-state index in [1.165, 1.54) is 0 Å². The van der Waals surface area contributed by atoms with Crippen molar-refractivity contribution in [2.75, 3.05) is 19.8 Å². The number of carboxylic acid groups (broad SMARTS) is 1. The molecule has 2 atom stereocenters. The quantitative estimate of drug-likeness (QED) is 0.799. The summed E-state index contributed by atoms with van der Waals surface area (Å²) < 4.78 is 5.35. The molecule has 1 aliphatic heterocycles. The van der Waals surface area contributed by atoms with E-state index in [1.54, 1.807) is 4.90 Å². The molecule has 0 bridgehead atoms. The van der Waals surface area contributed by atoms with Gasteiger partial charge in [-0.2, -0.15) is 0 Å². The topological polar surface area (TPSA) is 66.8 Å². The van der Waals surface area contributed by atoms with Gasteiger partial charge in [0.25, 0.3) is 0 Å². The Morgan fingerprint density at radius 2 is 2.06 bits per heavy atom. The number of carbonyl (C=O) groups is 2. The highest BCUT2D eigenvalue weighted by Gasteiger charge is 2.38. The molecule has 18 heavy (non-hydrogen) atoms. The zero-order valence-corrected chi connectivity index (χ0v) is 10.8. The summed E-state index contributed by atoms with van der Waals surface area (Å²) in [5.41, 5.74) is 0. The summed E-state index contributed by atoms with van der Waals surface area (Å²) in [7, 11) is 0. The average Bonchev–Trinajstić information content (AvgIpc) is 3.13. The standard InChI is InChI=1S/C13H21NO4/c1-9-8-18-7-5-11(9)13(17)14(10-2-3-10)6-4-12(15)16/h9-11H,2-8H2,1H3,(H,15,16). The molecule has 2 rings (SSSR count). The number of carbonyl (C=O) groups excluding carboxylic acids is 1. The molecule has 1 saturated heterocycles. The second kappa shape index (κ2) is 5.69. The Hall–Kier alpha value is -1.10. The van der Waals surface area contributed by atoms with E-state index in [0.29, 0.717) is 19.8 Å². The molecule has 102 valence electrons. The van der Waals surface area contributed by atoms with Gasteiger partial charge in [-0.15, -0.1) is 0 Å². The first-order chi connectivity index (χ1) is 8.59. The molecule has 2 unspecified atom stereocenters. The lowest BCUT2D eigenvalue weighted by atomic mass is 9.88. The van der Waals surface area contributed by atoms with Crippen LogP contribution in [0.4, 0.5) is 0 Å². The zero-order chi connectivity index (χ0) is 13.1. The van der Waals surface area contributed by atoms with E-state index in [4.69, 9.17) is 9.84 Å². The summed E-state index contributed by atoms with van der Waals surface area (Å²) in [6, 6.07) is 0.284. The number of hydrogen-bond acceptors (Lipinski definition) is 3. The van der Waals surface area contributed by atoms with Crippen molar-refractivity contribution in [1.29, 1.82) is 0 Å². The first kappa shape index (κ1) is 13.3. The van der Waals surface area contributed by atoms with Crippen LogP contribution in [0.3, 0.4) is 0 Å². The van der Waals surface area contributed by atoms with Crippen molar-refractivity contribution in [3.63, 3.8) is 0 Å². The van der Waals surface area contributed by atoms with Gasteiger partial charge in [-0.25, -0.2) is 0 Å². The van der Waals surface area contributed by atoms with Gasteiger partial charge in [-0.3, -0.25) is 9.59 Å². The lowest BCUT2D eigenvalue weighted by molar-refractivity contribution is -0.143. The third-order valence-corrected chi connectivity index (χ3v) is 3.80. The average molecular weight is 255 g/mol. The second-order valence-corrected chi connectivity index (χ2v) is 5.35. The predicted octanol–water partition coefficient (Wildman–Crippen LogP) is 1.12. The minimum atomic E-state index is -0.839. The van der Waals surface area contributed by atoms with Gasteiger partial charge in [0.2, 0.25) is 5.91 Å². The largest absolute Gasteiger partial charge is 0.481 e. The van der Waals surface area contributed by atoms with E-state index in [2.05, 4.69) is 0 Å². The number of nitrogens with zero attached hydrogens (tertiary/aromatic N) is 1. The summed E-state index contributed by atoms with van der Waals surface area (Å²) in [4.78, 5) is 24.9. The minimum Gasteiger partial charge on any atom is -0.481 e. The van der Waals surface area contributed by atoms with Gasteiger partial charge in [0.05, 0.1) is 6.42 Å². The predicted molar refractivity (Wildman–Crippen MR) is 65.1 cm³/mol. The van der Waals surface area contributed by atoms with Crippen LogP contribution in [-0.2, 0) is 14.3 Å². The summed E-state index contributed by atoms with van der Waals surface area (Å²) in [5, 5.41) is 8.75. The molecule has 1 N–H and O–H groups in total. The van der Waals surface area contributed by atoms with Gasteiger partial charge >= 0.3 is 5.97 Å². The molecule has 1 saturated carbocycles. The normalized spacial score (nSPS) is 27.8. The Balaban J connectivity index is 1.96. The molecule has 0 aromatic heterocycles. The third kappa shape index (κ3) is 3.22. The summed E-state index contributed by atoms with van der Waals surface area (Å²) in [6.45, 7) is 3.65. The SMILES string of the molecule is CC1COCCC1C(=O)N(CCC(=O)O)C1CC1. The van der Waals surface area contributed by atoms with Crippen molar-refractivity contribution < 1.29 is 19.4 Å². The van der Waals surface area contributed by atoms with Crippen LogP contribution in [-0.4, -0.2) is 47.7 Å². The van der Waals surface area contributed by atoms with E-state index in [0.717, 1.165) is 19.3 Å². The van der Waals surface area contributed by atoms with Gasteiger partial charge in [0.15, 0.2) is 0 Å². The summed E-state index contributed by atoms with van der Waals surface area (Å²) in [5.74, 6) is -0.464. The van der Waals surface area contributed by atoms with Gasteiger partial charge in [-0.1, -0.05) is 6.92 Å². The van der Waals surface area contributed by atoms with Crippen LogP contribution in [0.5, 0.6) is 0 Å². The Kier molecular flexibility index (Phi) is 4.22. The van der Waals surface area contributed by atoms with E-state index in [9.17, 15) is 9.59 Å². The Bertz CT molecular complexity index is 327. The first-order valence-electron chi connectivity index (χ1n) is 6.69. The van der Waals surface area contributed by atoms with Crippen LogP contribution in [0, 0.1) is 11.8 Å². The summed E-state index contributed by atoms with van der Waals surface area (Å²) >= 11 is 0. The summed E-state index contributed by atoms with van der Waals surface area (Å²) in [6.07, 6.45) is 2.84. The first-order valence-corrected chi connectivity index (χ1v) is 6.69. The van der Waals surface area contributed by atoms with Gasteiger partial charge in [0.1, 0.15) is 0 Å². The van der Waals surface area contributed by atoms with E-state index in [1.807, 2.05) is 6.92 Å². The molecule has 0 aromatic carbocycles. The fraction of sp³-hybridized carbons (Fsp3) is 0.846. The molecule has 1 heterocycles. The molecule has 5 nitrogen and oxygen atoms in total. The fourth-order valence-corrected chi connectivity index (χ4v) is 2.54. The smallest absolute Gasteiger partial charge is 0.305 e. The molecule has 0 spiro atoms. The van der Waals surface area contributed by atoms with Crippen LogP contribution >= 0.6 is 0 Å². The maximum absolute atomic E-state index is 12.5. The van der Waals surface area contributed by atoms with E-state index in [-0.39, 0.29) is 30.2 Å². The van der Waals surface area contributed by atoms with Gasteiger partial charge in [-0.05, 0) is 25.2 Å². The molecule has 2 fully saturated rings. The number of amides is 1. The van der Waals surface area contributed by atoms with Crippen LogP contribution in [0.15, 0.2) is 0 Å². The second-order valence-electron chi connectivity index (χ2n) is 5.35. The van der Waals surface area contributed by atoms with Crippen molar-refractivity contribution in [3.05, 3.63) is 0 Å². The third-order valence-electron chi connectivity index (χ3n) is 3.80. The molecule has 2 aliphatic rings. The Morgan fingerprint density at radius 1 is 1.33 bits per heavy atom. The maximum atomic E-state index is 12.5. The molecule has 0 radical (unpaired) electrons. The highest BCUT2D eigenvalue weighted by molar-refractivity contribution is 5.80. The molecular weight excluding hydrogens is 234 g/mol. The monoisotopic (exact) mass is 255 g/mol. The number of ether oxygens (including phenoxy) is 1. The Morgan fingerprint density at radius 3 is 2.61 bits per heavy atom. The number of rotatable bonds is 5. The van der Waals surface area contributed by atoms with Crippen LogP contribution < -0.4 is 0 Å². The number of carboxylic acids is 1. The molecule has 1 aliphatic carbocycles. The van der Waals surface area contributed by atoms with E-state index >= 15 is 0 Å². The lowest BCUT2D eigenvalue weighted by Gasteiger charge is -2.33. The molecular formula is C13H21NO4. The molecule has 0 aromatic rings. The van der Waals surface area contributed by atoms with Crippen molar-refractivity contribution in [3.8, 4) is 0 Å². The highest BCUT2D eigenvalue weighted by atomic mass is 16.5. The minimum absolute atomic E-state index is 0.00754. The lowest BCUT2D eigenvalue weighted by Crippen LogP contribution is -2.44. The van der Waals surface area contributed by atoms with Crippen molar-refractivity contribution in [2.45, 2.75) is 38.6 Å². The van der Waals surface area contributed by atoms with Crippen LogP contribution in [0.1, 0.15) is 32.6 Å².